The number of carbonyl (C=O) groups is 1. The molecule has 0 aromatic carbocycles. The molecule has 4 heteroatoms. The largest absolute Gasteiger partial charge is 0.351 e. The quantitative estimate of drug-likeness (QED) is 0.929. The lowest BCUT2D eigenvalue weighted by molar-refractivity contribution is -0.128. The first kappa shape index (κ1) is 13.4. The molecule has 0 aliphatic heterocycles. The number of aromatic nitrogens is 2. The van der Waals surface area contributed by atoms with Gasteiger partial charge in [0.25, 0.3) is 0 Å². The number of rotatable bonds is 3. The molecule has 1 atom stereocenters. The van der Waals surface area contributed by atoms with Crippen molar-refractivity contribution >= 4 is 5.91 Å². The minimum atomic E-state index is -0.211. The van der Waals surface area contributed by atoms with Crippen molar-refractivity contribution in [2.45, 2.75) is 58.0 Å². The van der Waals surface area contributed by atoms with E-state index in [1.54, 1.807) is 6.20 Å². The SMILES string of the molecule is Cc1ccnn1C(C)C(=O)NC1C2CC3CC(C2)CC1C3. The zero-order chi connectivity index (χ0) is 14.6. The van der Waals surface area contributed by atoms with Crippen molar-refractivity contribution in [1.29, 1.82) is 0 Å². The second-order valence-electron chi connectivity index (χ2n) is 7.56. The number of carbonyl (C=O) groups excluding carboxylic acids is 1. The summed E-state index contributed by atoms with van der Waals surface area (Å²) in [4.78, 5) is 12.6. The first-order valence-corrected chi connectivity index (χ1v) is 8.42. The van der Waals surface area contributed by atoms with E-state index in [9.17, 15) is 4.79 Å². The molecule has 1 amide bonds. The van der Waals surface area contributed by atoms with Gasteiger partial charge in [-0.15, -0.1) is 0 Å². The van der Waals surface area contributed by atoms with Crippen LogP contribution in [0.5, 0.6) is 0 Å². The Morgan fingerprint density at radius 3 is 2.38 bits per heavy atom. The highest BCUT2D eigenvalue weighted by molar-refractivity contribution is 5.80. The standard InChI is InChI=1S/C17H25N3O/c1-10-3-4-18-20(10)11(2)17(21)19-16-14-6-12-5-13(8-14)9-15(16)7-12/h3-4,11-16H,5-9H2,1-2H3,(H,19,21). The van der Waals surface area contributed by atoms with E-state index in [0.717, 1.165) is 29.4 Å². The first-order chi connectivity index (χ1) is 10.1. The summed E-state index contributed by atoms with van der Waals surface area (Å²) >= 11 is 0. The van der Waals surface area contributed by atoms with Gasteiger partial charge in [0.1, 0.15) is 6.04 Å². The molecule has 4 nitrogen and oxygen atoms in total. The van der Waals surface area contributed by atoms with Gasteiger partial charge in [-0.3, -0.25) is 9.48 Å². The van der Waals surface area contributed by atoms with E-state index in [1.165, 1.54) is 32.1 Å². The third-order valence-electron chi connectivity index (χ3n) is 6.15. The van der Waals surface area contributed by atoms with E-state index in [1.807, 2.05) is 24.6 Å². The van der Waals surface area contributed by atoms with Gasteiger partial charge >= 0.3 is 0 Å². The summed E-state index contributed by atoms with van der Waals surface area (Å²) in [5, 5.41) is 7.65. The summed E-state index contributed by atoms with van der Waals surface area (Å²) in [5.41, 5.74) is 1.04. The molecule has 0 radical (unpaired) electrons. The van der Waals surface area contributed by atoms with Gasteiger partial charge in [-0.25, -0.2) is 0 Å². The molecule has 4 bridgehead atoms. The van der Waals surface area contributed by atoms with Crippen molar-refractivity contribution in [3.63, 3.8) is 0 Å². The number of amides is 1. The van der Waals surface area contributed by atoms with Crippen LogP contribution >= 0.6 is 0 Å². The zero-order valence-corrected chi connectivity index (χ0v) is 13.0. The Bertz CT molecular complexity index is 522. The van der Waals surface area contributed by atoms with Crippen LogP contribution in [0.4, 0.5) is 0 Å². The fourth-order valence-corrected chi connectivity index (χ4v) is 5.34. The highest BCUT2D eigenvalue weighted by Crippen LogP contribution is 2.53. The first-order valence-electron chi connectivity index (χ1n) is 8.42. The number of hydrogen-bond donors (Lipinski definition) is 1. The smallest absolute Gasteiger partial charge is 0.244 e. The average molecular weight is 287 g/mol. The summed E-state index contributed by atoms with van der Waals surface area (Å²) < 4.78 is 1.82. The third kappa shape index (κ3) is 2.19. The molecule has 4 saturated carbocycles. The molecule has 1 heterocycles. The van der Waals surface area contributed by atoms with Gasteiger partial charge in [0.15, 0.2) is 0 Å². The van der Waals surface area contributed by atoms with Crippen molar-refractivity contribution in [2.24, 2.45) is 23.7 Å². The van der Waals surface area contributed by atoms with E-state index in [-0.39, 0.29) is 11.9 Å². The molecule has 4 fully saturated rings. The summed E-state index contributed by atoms with van der Waals surface area (Å²) in [5.74, 6) is 3.50. The molecule has 0 saturated heterocycles. The maximum Gasteiger partial charge on any atom is 0.244 e. The van der Waals surface area contributed by atoms with Crippen molar-refractivity contribution < 1.29 is 4.79 Å². The normalized spacial score (nSPS) is 38.5. The number of hydrogen-bond acceptors (Lipinski definition) is 2. The van der Waals surface area contributed by atoms with Gasteiger partial charge in [-0.05, 0) is 75.7 Å². The van der Waals surface area contributed by atoms with Crippen LogP contribution in [0.1, 0.15) is 50.8 Å². The number of nitrogens with one attached hydrogen (secondary N) is 1. The highest BCUT2D eigenvalue weighted by Gasteiger charge is 2.48. The van der Waals surface area contributed by atoms with Crippen molar-refractivity contribution in [2.75, 3.05) is 0 Å². The monoisotopic (exact) mass is 287 g/mol. The Hall–Kier alpha value is -1.32. The number of aryl methyl sites for hydroxylation is 1. The van der Waals surface area contributed by atoms with Crippen LogP contribution in [0.2, 0.25) is 0 Å². The maximum atomic E-state index is 12.6. The van der Waals surface area contributed by atoms with Crippen molar-refractivity contribution in [3.8, 4) is 0 Å². The van der Waals surface area contributed by atoms with Crippen molar-refractivity contribution in [1.82, 2.24) is 15.1 Å². The molecule has 1 unspecified atom stereocenters. The molecular formula is C17H25N3O. The molecule has 1 N–H and O–H groups in total. The summed E-state index contributed by atoms with van der Waals surface area (Å²) in [6.07, 6.45) is 8.58. The Balaban J connectivity index is 1.46. The van der Waals surface area contributed by atoms with Crippen LogP contribution < -0.4 is 5.32 Å². The average Bonchev–Trinajstić information content (AvgIpc) is 2.87. The van der Waals surface area contributed by atoms with E-state index < -0.39 is 0 Å². The Morgan fingerprint density at radius 1 is 1.24 bits per heavy atom. The fraction of sp³-hybridized carbons (Fsp3) is 0.765. The zero-order valence-electron chi connectivity index (χ0n) is 13.0. The second-order valence-corrected chi connectivity index (χ2v) is 7.56. The minimum absolute atomic E-state index is 0.138. The lowest BCUT2D eigenvalue weighted by Crippen LogP contribution is -2.56. The van der Waals surface area contributed by atoms with Gasteiger partial charge < -0.3 is 5.32 Å². The van der Waals surface area contributed by atoms with Gasteiger partial charge in [0.2, 0.25) is 5.91 Å². The van der Waals surface area contributed by atoms with Crippen LogP contribution in [0.25, 0.3) is 0 Å². The van der Waals surface area contributed by atoms with Crippen LogP contribution in [0, 0.1) is 30.6 Å². The predicted octanol–water partition coefficient (Wildman–Crippen LogP) is 2.69. The summed E-state index contributed by atoms with van der Waals surface area (Å²) in [6, 6.07) is 2.16. The second kappa shape index (κ2) is 4.85. The third-order valence-corrected chi connectivity index (χ3v) is 6.15. The molecular weight excluding hydrogens is 262 g/mol. The van der Waals surface area contributed by atoms with Crippen LogP contribution in [-0.4, -0.2) is 21.7 Å². The van der Waals surface area contributed by atoms with Crippen LogP contribution in [-0.2, 0) is 4.79 Å². The van der Waals surface area contributed by atoms with Gasteiger partial charge in [0.05, 0.1) is 0 Å². The molecule has 4 aliphatic carbocycles. The molecule has 1 aromatic heterocycles. The fourth-order valence-electron chi connectivity index (χ4n) is 5.34. The highest BCUT2D eigenvalue weighted by atomic mass is 16.2. The van der Waals surface area contributed by atoms with Crippen molar-refractivity contribution in [3.05, 3.63) is 18.0 Å². The van der Waals surface area contributed by atoms with E-state index in [4.69, 9.17) is 0 Å². The number of nitrogens with zero attached hydrogens (tertiary/aromatic N) is 2. The summed E-state index contributed by atoms with van der Waals surface area (Å²) in [6.45, 7) is 3.95. The molecule has 0 spiro atoms. The van der Waals surface area contributed by atoms with Gasteiger partial charge in [0, 0.05) is 17.9 Å². The molecule has 21 heavy (non-hydrogen) atoms. The van der Waals surface area contributed by atoms with Crippen LogP contribution in [0.15, 0.2) is 12.3 Å². The topological polar surface area (TPSA) is 46.9 Å². The van der Waals surface area contributed by atoms with Gasteiger partial charge in [-0.2, -0.15) is 5.10 Å². The molecule has 114 valence electrons. The lowest BCUT2D eigenvalue weighted by Gasteiger charge is -2.54. The minimum Gasteiger partial charge on any atom is -0.351 e. The van der Waals surface area contributed by atoms with E-state index in [2.05, 4.69) is 10.4 Å². The van der Waals surface area contributed by atoms with E-state index in [0.29, 0.717) is 6.04 Å². The molecule has 1 aromatic rings. The van der Waals surface area contributed by atoms with Gasteiger partial charge in [-0.1, -0.05) is 0 Å². The Morgan fingerprint density at radius 2 is 1.86 bits per heavy atom. The van der Waals surface area contributed by atoms with E-state index >= 15 is 0 Å². The molecule has 5 rings (SSSR count). The predicted molar refractivity (Wildman–Crippen MR) is 80.7 cm³/mol. The Labute approximate surface area is 126 Å². The van der Waals surface area contributed by atoms with Crippen LogP contribution in [0.3, 0.4) is 0 Å². The maximum absolute atomic E-state index is 12.6. The summed E-state index contributed by atoms with van der Waals surface area (Å²) in [7, 11) is 0. The Kier molecular flexibility index (Phi) is 3.09. The lowest BCUT2D eigenvalue weighted by atomic mass is 9.54. The molecule has 4 aliphatic rings.